The van der Waals surface area contributed by atoms with Gasteiger partial charge in [-0.25, -0.2) is 17.7 Å². The highest BCUT2D eigenvalue weighted by atomic mass is 32.2. The maximum Gasteiger partial charge on any atom is 0.267 e. The monoisotopic (exact) mass is 484 g/mol. The van der Waals surface area contributed by atoms with Gasteiger partial charge in [0, 0.05) is 25.0 Å². The number of nitrogens with two attached hydrogens (primary N) is 1. The van der Waals surface area contributed by atoms with E-state index in [0.29, 0.717) is 47.7 Å². The van der Waals surface area contributed by atoms with Crippen LogP contribution in [0.5, 0.6) is 0 Å². The summed E-state index contributed by atoms with van der Waals surface area (Å²) >= 11 is 0. The van der Waals surface area contributed by atoms with E-state index < -0.39 is 15.9 Å². The number of fused-ring (bicyclic) bond motifs is 1. The van der Waals surface area contributed by atoms with Crippen molar-refractivity contribution in [3.8, 4) is 0 Å². The highest BCUT2D eigenvalue weighted by molar-refractivity contribution is 7.89. The quantitative estimate of drug-likeness (QED) is 0.527. The maximum atomic E-state index is 13.1. The summed E-state index contributed by atoms with van der Waals surface area (Å²) in [5.41, 5.74) is 7.59. The maximum absolute atomic E-state index is 13.1. The topological polar surface area (TPSA) is 140 Å². The minimum atomic E-state index is -3.16. The number of benzene rings is 1. The molecule has 0 atom stereocenters. The van der Waals surface area contributed by atoms with Crippen LogP contribution in [0.2, 0.25) is 0 Å². The van der Waals surface area contributed by atoms with E-state index in [-0.39, 0.29) is 17.4 Å². The third kappa shape index (κ3) is 4.80. The van der Waals surface area contributed by atoms with Gasteiger partial charge < -0.3 is 11.1 Å². The Kier molecular flexibility index (Phi) is 6.67. The van der Waals surface area contributed by atoms with Crippen LogP contribution in [-0.4, -0.2) is 58.1 Å². The smallest absolute Gasteiger partial charge is 0.267 e. The lowest BCUT2D eigenvalue weighted by Crippen LogP contribution is -2.40. The van der Waals surface area contributed by atoms with Crippen LogP contribution in [0, 0.1) is 12.8 Å². The standard InChI is InChI=1S/C23H28N6O4S/c1-3-34(32,33)28-10-8-16(9-11-28)14-29-15(2)21(13-25-29)27-23(31)18-12-20(22(24)30)26-19-7-5-4-6-17(18)19/h4-7,12-13,16H,3,8-11,14H2,1-2H3,(H2,24,30)(H,27,31). The van der Waals surface area contributed by atoms with Crippen molar-refractivity contribution in [2.75, 3.05) is 24.2 Å². The van der Waals surface area contributed by atoms with Crippen LogP contribution in [0.1, 0.15) is 46.3 Å². The van der Waals surface area contributed by atoms with E-state index in [9.17, 15) is 18.0 Å². The number of pyridine rings is 1. The number of carbonyl (C=O) groups is 2. The number of sulfonamides is 1. The van der Waals surface area contributed by atoms with Crippen molar-refractivity contribution in [3.63, 3.8) is 0 Å². The second kappa shape index (κ2) is 9.51. The van der Waals surface area contributed by atoms with E-state index in [0.717, 1.165) is 18.5 Å². The van der Waals surface area contributed by atoms with Crippen LogP contribution < -0.4 is 11.1 Å². The van der Waals surface area contributed by atoms with Gasteiger partial charge in [0.15, 0.2) is 0 Å². The van der Waals surface area contributed by atoms with Crippen molar-refractivity contribution in [2.24, 2.45) is 11.7 Å². The highest BCUT2D eigenvalue weighted by Crippen LogP contribution is 2.25. The first-order chi connectivity index (χ1) is 16.2. The number of rotatable bonds is 7. The van der Waals surface area contributed by atoms with Crippen LogP contribution >= 0.6 is 0 Å². The Hall–Kier alpha value is -3.31. The van der Waals surface area contributed by atoms with E-state index >= 15 is 0 Å². The Balaban J connectivity index is 1.48. The van der Waals surface area contributed by atoms with Gasteiger partial charge >= 0.3 is 0 Å². The van der Waals surface area contributed by atoms with E-state index in [1.54, 1.807) is 41.7 Å². The molecule has 2 aromatic heterocycles. The lowest BCUT2D eigenvalue weighted by Gasteiger charge is -2.31. The predicted molar refractivity (Wildman–Crippen MR) is 129 cm³/mol. The van der Waals surface area contributed by atoms with E-state index in [4.69, 9.17) is 5.73 Å². The third-order valence-electron chi connectivity index (χ3n) is 6.33. The van der Waals surface area contributed by atoms with Gasteiger partial charge in [0.05, 0.1) is 34.4 Å². The SMILES string of the molecule is CCS(=O)(=O)N1CCC(Cn2ncc(NC(=O)c3cc(C(N)=O)nc4ccccc34)c2C)CC1. The fraction of sp³-hybridized carbons (Fsp3) is 0.391. The molecule has 1 saturated heterocycles. The fourth-order valence-corrected chi connectivity index (χ4v) is 5.36. The molecule has 1 fully saturated rings. The molecular formula is C23H28N6O4S. The van der Waals surface area contributed by atoms with Crippen molar-refractivity contribution in [2.45, 2.75) is 33.2 Å². The van der Waals surface area contributed by atoms with Gasteiger partial charge in [-0.15, -0.1) is 0 Å². The van der Waals surface area contributed by atoms with Crippen molar-refractivity contribution >= 4 is 38.4 Å². The van der Waals surface area contributed by atoms with Crippen molar-refractivity contribution in [1.82, 2.24) is 19.1 Å². The number of nitrogens with one attached hydrogen (secondary N) is 1. The molecule has 0 unspecified atom stereocenters. The molecule has 180 valence electrons. The van der Waals surface area contributed by atoms with E-state index in [2.05, 4.69) is 15.4 Å². The normalized spacial score (nSPS) is 15.5. The Bertz CT molecular complexity index is 1340. The van der Waals surface area contributed by atoms with Crippen LogP contribution in [0.25, 0.3) is 10.9 Å². The van der Waals surface area contributed by atoms with Gasteiger partial charge in [-0.1, -0.05) is 18.2 Å². The fourth-order valence-electron chi connectivity index (χ4n) is 4.23. The number of primary amides is 1. The zero-order chi connectivity index (χ0) is 24.5. The number of piperidine rings is 1. The lowest BCUT2D eigenvalue weighted by molar-refractivity contribution is 0.0996. The second-order valence-electron chi connectivity index (χ2n) is 8.46. The molecule has 3 N–H and O–H groups in total. The molecule has 4 rings (SSSR count). The number of aromatic nitrogens is 3. The molecule has 0 saturated carbocycles. The predicted octanol–water partition coefficient (Wildman–Crippen LogP) is 2.15. The van der Waals surface area contributed by atoms with Crippen molar-refractivity contribution < 1.29 is 18.0 Å². The van der Waals surface area contributed by atoms with E-state index in [1.165, 1.54) is 6.07 Å². The number of amides is 2. The van der Waals surface area contributed by atoms with Crippen LogP contribution in [0.3, 0.4) is 0 Å². The molecule has 34 heavy (non-hydrogen) atoms. The van der Waals surface area contributed by atoms with Crippen molar-refractivity contribution in [1.29, 1.82) is 0 Å². The van der Waals surface area contributed by atoms with Gasteiger partial charge in [0.25, 0.3) is 11.8 Å². The Morgan fingerprint density at radius 2 is 1.91 bits per heavy atom. The molecule has 11 heteroatoms. The summed E-state index contributed by atoms with van der Waals surface area (Å²) in [5.74, 6) is -0.677. The first-order valence-corrected chi connectivity index (χ1v) is 12.8. The number of hydrogen-bond donors (Lipinski definition) is 2. The molecule has 0 radical (unpaired) electrons. The van der Waals surface area contributed by atoms with Crippen LogP contribution in [0.15, 0.2) is 36.5 Å². The zero-order valence-corrected chi connectivity index (χ0v) is 20.0. The minimum Gasteiger partial charge on any atom is -0.364 e. The summed E-state index contributed by atoms with van der Waals surface area (Å²) < 4.78 is 27.5. The Morgan fingerprint density at radius 1 is 1.21 bits per heavy atom. The first-order valence-electron chi connectivity index (χ1n) is 11.2. The number of nitrogens with zero attached hydrogens (tertiary/aromatic N) is 4. The first kappa shape index (κ1) is 23.8. The Morgan fingerprint density at radius 3 is 2.59 bits per heavy atom. The molecule has 1 aliphatic heterocycles. The largest absolute Gasteiger partial charge is 0.364 e. The van der Waals surface area contributed by atoms with Gasteiger partial charge in [0.1, 0.15) is 5.69 Å². The molecule has 3 heterocycles. The number of anilines is 1. The average molecular weight is 485 g/mol. The highest BCUT2D eigenvalue weighted by Gasteiger charge is 2.27. The molecular weight excluding hydrogens is 456 g/mol. The van der Waals surface area contributed by atoms with Gasteiger partial charge in [0.2, 0.25) is 10.0 Å². The van der Waals surface area contributed by atoms with Crippen LogP contribution in [0.4, 0.5) is 5.69 Å². The van der Waals surface area contributed by atoms with Gasteiger partial charge in [-0.3, -0.25) is 14.3 Å². The average Bonchev–Trinajstić information content (AvgIpc) is 3.17. The molecule has 0 spiro atoms. The summed E-state index contributed by atoms with van der Waals surface area (Å²) in [6, 6.07) is 8.46. The molecule has 1 aromatic carbocycles. The number of para-hydroxylation sites is 1. The summed E-state index contributed by atoms with van der Waals surface area (Å²) in [4.78, 5) is 29.0. The second-order valence-corrected chi connectivity index (χ2v) is 10.7. The lowest BCUT2D eigenvalue weighted by atomic mass is 9.98. The van der Waals surface area contributed by atoms with Gasteiger partial charge in [-0.2, -0.15) is 5.10 Å². The third-order valence-corrected chi connectivity index (χ3v) is 8.21. The summed E-state index contributed by atoms with van der Waals surface area (Å²) in [5, 5.41) is 7.93. The molecule has 0 bridgehead atoms. The summed E-state index contributed by atoms with van der Waals surface area (Å²) in [6.45, 7) is 5.21. The van der Waals surface area contributed by atoms with E-state index in [1.807, 2.05) is 11.6 Å². The molecule has 10 nitrogen and oxygen atoms in total. The minimum absolute atomic E-state index is 0.0210. The molecule has 2 amide bonds. The summed E-state index contributed by atoms with van der Waals surface area (Å²) in [7, 11) is -3.16. The molecule has 1 aliphatic rings. The molecule has 0 aliphatic carbocycles. The van der Waals surface area contributed by atoms with Crippen molar-refractivity contribution in [3.05, 3.63) is 53.5 Å². The summed E-state index contributed by atoms with van der Waals surface area (Å²) in [6.07, 6.45) is 3.13. The van der Waals surface area contributed by atoms with Crippen LogP contribution in [-0.2, 0) is 16.6 Å². The number of carbonyl (C=O) groups excluding carboxylic acids is 2. The Labute approximate surface area is 198 Å². The van der Waals surface area contributed by atoms with Gasteiger partial charge in [-0.05, 0) is 44.7 Å². The zero-order valence-electron chi connectivity index (χ0n) is 19.2. The molecule has 3 aromatic rings. The number of hydrogen-bond acceptors (Lipinski definition) is 6.